The lowest BCUT2D eigenvalue weighted by atomic mass is 10.1. The summed E-state index contributed by atoms with van der Waals surface area (Å²) >= 11 is 0. The first-order valence-corrected chi connectivity index (χ1v) is 4.78. The van der Waals surface area contributed by atoms with Gasteiger partial charge in [0.05, 0.1) is 6.10 Å². The fraction of sp³-hybridized carbons (Fsp3) is 0.600. The molecule has 4 atom stereocenters. The van der Waals surface area contributed by atoms with Gasteiger partial charge in [-0.1, -0.05) is 6.58 Å². The molecule has 0 aliphatic carbocycles. The minimum absolute atomic E-state index is 0.0935. The molecule has 7 nitrogen and oxygen atoms in total. The molecule has 0 unspecified atom stereocenters. The lowest BCUT2D eigenvalue weighted by Gasteiger charge is -2.21. The van der Waals surface area contributed by atoms with Crippen molar-refractivity contribution in [3.05, 3.63) is 12.2 Å². The molecule has 7 heteroatoms. The van der Waals surface area contributed by atoms with Crippen LogP contribution in [0.5, 0.6) is 0 Å². The van der Waals surface area contributed by atoms with E-state index in [-0.39, 0.29) is 6.29 Å². The number of aliphatic hydroxyl groups is 4. The molecule has 0 rings (SSSR count). The third-order valence-corrected chi connectivity index (χ3v) is 1.75. The Kier molecular flexibility index (Phi) is 9.39. The Morgan fingerprint density at radius 1 is 1.24 bits per heavy atom. The zero-order valence-corrected chi connectivity index (χ0v) is 9.78. The van der Waals surface area contributed by atoms with E-state index < -0.39 is 30.3 Å². The van der Waals surface area contributed by atoms with Crippen molar-refractivity contribution >= 4 is 12.2 Å². The molecule has 6 N–H and O–H groups in total. The molecule has 0 saturated carbocycles. The van der Waals surface area contributed by atoms with Crippen LogP contribution in [0, 0.1) is 0 Å². The van der Waals surface area contributed by atoms with Crippen LogP contribution in [0.4, 0.5) is 0 Å². The molecule has 0 aromatic rings. The van der Waals surface area contributed by atoms with Crippen LogP contribution >= 0.6 is 0 Å². The van der Waals surface area contributed by atoms with E-state index in [0.29, 0.717) is 5.57 Å². The van der Waals surface area contributed by atoms with E-state index in [2.05, 4.69) is 6.58 Å². The Labute approximate surface area is 99.2 Å². The number of primary amides is 1. The predicted molar refractivity (Wildman–Crippen MR) is 59.8 cm³/mol. The van der Waals surface area contributed by atoms with Gasteiger partial charge in [0.15, 0.2) is 6.29 Å². The van der Waals surface area contributed by atoms with Crippen LogP contribution in [-0.2, 0) is 9.59 Å². The summed E-state index contributed by atoms with van der Waals surface area (Å²) in [5.74, 6) is -0.435. The molecule has 0 saturated heterocycles. The van der Waals surface area contributed by atoms with E-state index in [0.717, 1.165) is 0 Å². The third kappa shape index (κ3) is 8.52. The van der Waals surface area contributed by atoms with Crippen molar-refractivity contribution in [3.63, 3.8) is 0 Å². The number of carbonyl (C=O) groups excluding carboxylic acids is 2. The second-order valence-electron chi connectivity index (χ2n) is 3.49. The lowest BCUT2D eigenvalue weighted by molar-refractivity contribution is -0.132. The Morgan fingerprint density at radius 2 is 1.59 bits per heavy atom. The maximum Gasteiger partial charge on any atom is 0.243 e. The van der Waals surface area contributed by atoms with E-state index in [1.54, 1.807) is 6.92 Å². The molecule has 0 fully saturated rings. The number of hydrogen-bond donors (Lipinski definition) is 5. The lowest BCUT2D eigenvalue weighted by Crippen LogP contribution is -2.43. The molecule has 0 radical (unpaired) electrons. The molecular formula is C10H19NO6. The third-order valence-electron chi connectivity index (χ3n) is 1.75. The quantitative estimate of drug-likeness (QED) is 0.274. The van der Waals surface area contributed by atoms with Crippen molar-refractivity contribution in [2.75, 3.05) is 0 Å². The van der Waals surface area contributed by atoms with Gasteiger partial charge in [-0.3, -0.25) is 4.79 Å². The van der Waals surface area contributed by atoms with Crippen molar-refractivity contribution in [1.82, 2.24) is 0 Å². The monoisotopic (exact) mass is 249 g/mol. The van der Waals surface area contributed by atoms with Crippen molar-refractivity contribution in [2.24, 2.45) is 5.73 Å². The van der Waals surface area contributed by atoms with Gasteiger partial charge in [0.1, 0.15) is 18.3 Å². The van der Waals surface area contributed by atoms with E-state index in [1.807, 2.05) is 0 Å². The van der Waals surface area contributed by atoms with Gasteiger partial charge in [-0.15, -0.1) is 0 Å². The van der Waals surface area contributed by atoms with Crippen LogP contribution in [0.25, 0.3) is 0 Å². The Hall–Kier alpha value is -1.28. The van der Waals surface area contributed by atoms with Gasteiger partial charge >= 0.3 is 0 Å². The fourth-order valence-corrected chi connectivity index (χ4v) is 0.568. The number of rotatable bonds is 5. The first-order chi connectivity index (χ1) is 7.64. The SMILES string of the molecule is C=C(C)C(N)=O.C[C@H](O)[C@H](O)[C@@H](O)[C@@H](O)C=O. The maximum absolute atomic E-state index is 9.87. The van der Waals surface area contributed by atoms with Crippen LogP contribution in [-0.4, -0.2) is 57.0 Å². The summed E-state index contributed by atoms with van der Waals surface area (Å²) in [5.41, 5.74) is 5.09. The molecule has 0 bridgehead atoms. The van der Waals surface area contributed by atoms with Gasteiger partial charge < -0.3 is 31.0 Å². The van der Waals surface area contributed by atoms with Crippen LogP contribution in [0.2, 0.25) is 0 Å². The van der Waals surface area contributed by atoms with E-state index in [1.165, 1.54) is 6.92 Å². The van der Waals surface area contributed by atoms with Gasteiger partial charge in [0.2, 0.25) is 5.91 Å². The minimum atomic E-state index is -1.65. The highest BCUT2D eigenvalue weighted by atomic mass is 16.4. The first kappa shape index (κ1) is 18.1. The highest BCUT2D eigenvalue weighted by Crippen LogP contribution is 2.02. The van der Waals surface area contributed by atoms with Gasteiger partial charge in [0.25, 0.3) is 0 Å². The van der Waals surface area contributed by atoms with Crippen molar-refractivity contribution in [1.29, 1.82) is 0 Å². The smallest absolute Gasteiger partial charge is 0.243 e. The number of carbonyl (C=O) groups is 2. The molecule has 100 valence electrons. The summed E-state index contributed by atoms with van der Waals surface area (Å²) in [7, 11) is 0. The normalized spacial score (nSPS) is 16.8. The van der Waals surface area contributed by atoms with Crippen LogP contribution in [0.1, 0.15) is 13.8 Å². The largest absolute Gasteiger partial charge is 0.391 e. The van der Waals surface area contributed by atoms with Gasteiger partial charge in [-0.25, -0.2) is 0 Å². The Morgan fingerprint density at radius 3 is 1.76 bits per heavy atom. The van der Waals surface area contributed by atoms with Gasteiger partial charge in [-0.2, -0.15) is 0 Å². The van der Waals surface area contributed by atoms with Crippen LogP contribution in [0.15, 0.2) is 12.2 Å². The second-order valence-corrected chi connectivity index (χ2v) is 3.49. The van der Waals surface area contributed by atoms with Crippen LogP contribution < -0.4 is 5.73 Å². The molecule has 0 spiro atoms. The number of amides is 1. The minimum Gasteiger partial charge on any atom is -0.391 e. The van der Waals surface area contributed by atoms with Crippen molar-refractivity contribution < 1.29 is 30.0 Å². The summed E-state index contributed by atoms with van der Waals surface area (Å²) < 4.78 is 0. The summed E-state index contributed by atoms with van der Waals surface area (Å²) in [6.45, 7) is 6.09. The van der Waals surface area contributed by atoms with E-state index in [9.17, 15) is 9.59 Å². The molecule has 17 heavy (non-hydrogen) atoms. The molecule has 0 heterocycles. The topological polar surface area (TPSA) is 141 Å². The summed E-state index contributed by atoms with van der Waals surface area (Å²) in [6.07, 6.45) is -5.88. The van der Waals surface area contributed by atoms with E-state index in [4.69, 9.17) is 26.2 Å². The predicted octanol–water partition coefficient (Wildman–Crippen LogP) is -2.30. The zero-order chi connectivity index (χ0) is 14.2. The molecule has 0 aromatic carbocycles. The summed E-state index contributed by atoms with van der Waals surface area (Å²) in [4.78, 5) is 19.7. The highest BCUT2D eigenvalue weighted by Gasteiger charge is 2.27. The fourth-order valence-electron chi connectivity index (χ4n) is 0.568. The van der Waals surface area contributed by atoms with Gasteiger partial charge in [-0.05, 0) is 13.8 Å². The number of hydrogen-bond acceptors (Lipinski definition) is 6. The Balaban J connectivity index is 0. The second kappa shape index (κ2) is 8.82. The molecular weight excluding hydrogens is 230 g/mol. The van der Waals surface area contributed by atoms with Gasteiger partial charge in [0, 0.05) is 5.57 Å². The van der Waals surface area contributed by atoms with Crippen LogP contribution in [0.3, 0.4) is 0 Å². The van der Waals surface area contributed by atoms with E-state index >= 15 is 0 Å². The number of aldehydes is 1. The summed E-state index contributed by atoms with van der Waals surface area (Å²) in [6, 6.07) is 0. The molecule has 0 aliphatic rings. The van der Waals surface area contributed by atoms with Crippen molar-refractivity contribution in [3.8, 4) is 0 Å². The maximum atomic E-state index is 9.87. The zero-order valence-electron chi connectivity index (χ0n) is 9.78. The average Bonchev–Trinajstić information content (AvgIpc) is 2.26. The average molecular weight is 249 g/mol. The number of nitrogens with two attached hydrogens (primary N) is 1. The highest BCUT2D eigenvalue weighted by molar-refractivity contribution is 5.90. The summed E-state index contributed by atoms with van der Waals surface area (Å²) in [5, 5.41) is 35.1. The number of aliphatic hydroxyl groups excluding tert-OH is 4. The first-order valence-electron chi connectivity index (χ1n) is 4.78. The standard InChI is InChI=1S/C6H12O5.C4H7NO/c1-3(8)5(10)6(11)4(9)2-7;1-3(2)4(5)6/h2-6,8-11H,1H3;1H2,2H3,(H2,5,6)/t3-,4-,5-,6-;/m0./s1. The molecule has 1 amide bonds. The Bertz CT molecular complexity index is 254. The molecule has 0 aliphatic heterocycles. The van der Waals surface area contributed by atoms with Crippen molar-refractivity contribution in [2.45, 2.75) is 38.3 Å². The molecule has 0 aromatic heterocycles.